The summed E-state index contributed by atoms with van der Waals surface area (Å²) in [5, 5.41) is 13.7. The number of benzene rings is 1. The van der Waals surface area contributed by atoms with Gasteiger partial charge in [0.15, 0.2) is 6.61 Å². The number of halogens is 1. The molecule has 7 nitrogen and oxygen atoms in total. The van der Waals surface area contributed by atoms with Crippen molar-refractivity contribution in [1.29, 1.82) is 5.26 Å². The van der Waals surface area contributed by atoms with Crippen LogP contribution in [0, 0.1) is 25.2 Å². The molecule has 0 N–H and O–H groups in total. The van der Waals surface area contributed by atoms with Crippen LogP contribution in [0.25, 0.3) is 17.5 Å². The molecule has 0 saturated carbocycles. The summed E-state index contributed by atoms with van der Waals surface area (Å²) in [7, 11) is 0. The minimum absolute atomic E-state index is 0.0958. The molecule has 3 aromatic rings. The molecule has 0 radical (unpaired) electrons. The van der Waals surface area contributed by atoms with E-state index in [0.29, 0.717) is 10.6 Å². The molecule has 0 aliphatic heterocycles. The second kappa shape index (κ2) is 9.42. The van der Waals surface area contributed by atoms with E-state index < -0.39 is 5.97 Å². The highest BCUT2D eigenvalue weighted by Gasteiger charge is 2.17. The predicted molar refractivity (Wildman–Crippen MR) is 112 cm³/mol. The third-order valence-electron chi connectivity index (χ3n) is 4.60. The second-order valence-electron chi connectivity index (χ2n) is 6.72. The van der Waals surface area contributed by atoms with Gasteiger partial charge in [0.1, 0.15) is 11.6 Å². The molecule has 0 fully saturated rings. The molecule has 0 saturated heterocycles. The first-order chi connectivity index (χ1) is 14.4. The van der Waals surface area contributed by atoms with Gasteiger partial charge in [-0.1, -0.05) is 35.8 Å². The number of aryl methyl sites for hydroxylation is 1. The molecule has 0 amide bonds. The summed E-state index contributed by atoms with van der Waals surface area (Å²) in [4.78, 5) is 16.6. The van der Waals surface area contributed by atoms with Gasteiger partial charge in [-0.05, 0) is 50.1 Å². The van der Waals surface area contributed by atoms with E-state index in [-0.39, 0.29) is 23.9 Å². The van der Waals surface area contributed by atoms with Gasteiger partial charge in [-0.3, -0.25) is 0 Å². The van der Waals surface area contributed by atoms with E-state index in [2.05, 4.69) is 21.6 Å². The van der Waals surface area contributed by atoms with E-state index in [1.165, 1.54) is 0 Å². The Bertz CT molecular complexity index is 1140. The Balaban J connectivity index is 1.71. The average Bonchev–Trinajstić information content (AvgIpc) is 3.31. The van der Waals surface area contributed by atoms with Gasteiger partial charge in [0.25, 0.3) is 5.89 Å². The number of esters is 1. The molecule has 0 bridgehead atoms. The van der Waals surface area contributed by atoms with Gasteiger partial charge in [0, 0.05) is 17.9 Å². The van der Waals surface area contributed by atoms with Crippen LogP contribution in [0.4, 0.5) is 0 Å². The molecular formula is C22H21ClN4O3. The number of rotatable bonds is 7. The van der Waals surface area contributed by atoms with Crippen LogP contribution in [0.2, 0.25) is 5.02 Å². The van der Waals surface area contributed by atoms with Crippen molar-refractivity contribution in [2.24, 2.45) is 0 Å². The molecule has 154 valence electrons. The molecule has 2 aromatic heterocycles. The van der Waals surface area contributed by atoms with E-state index in [0.717, 1.165) is 29.9 Å². The van der Waals surface area contributed by atoms with Crippen LogP contribution < -0.4 is 0 Å². The molecule has 0 unspecified atom stereocenters. The Morgan fingerprint density at radius 3 is 2.83 bits per heavy atom. The monoisotopic (exact) mass is 424 g/mol. The van der Waals surface area contributed by atoms with E-state index in [9.17, 15) is 10.1 Å². The maximum absolute atomic E-state index is 12.4. The fourth-order valence-corrected chi connectivity index (χ4v) is 3.31. The molecular weight excluding hydrogens is 404 g/mol. The van der Waals surface area contributed by atoms with Crippen molar-refractivity contribution in [3.05, 3.63) is 63.7 Å². The summed E-state index contributed by atoms with van der Waals surface area (Å²) in [5.74, 6) is -0.343. The van der Waals surface area contributed by atoms with Gasteiger partial charge in [-0.15, -0.1) is 0 Å². The van der Waals surface area contributed by atoms with Gasteiger partial charge >= 0.3 is 5.97 Å². The summed E-state index contributed by atoms with van der Waals surface area (Å²) in [6.45, 7) is 6.72. The molecule has 3 rings (SSSR count). The fourth-order valence-electron chi connectivity index (χ4n) is 3.10. The van der Waals surface area contributed by atoms with E-state index in [1.807, 2.05) is 26.0 Å². The summed E-state index contributed by atoms with van der Waals surface area (Å²) < 4.78 is 12.5. The van der Waals surface area contributed by atoms with Gasteiger partial charge in [0.05, 0.1) is 10.6 Å². The number of ether oxygens (including phenoxy) is 1. The molecule has 0 aliphatic rings. The van der Waals surface area contributed by atoms with Crippen LogP contribution in [0.15, 0.2) is 40.4 Å². The summed E-state index contributed by atoms with van der Waals surface area (Å²) in [5.41, 5.74) is 3.38. The number of carbonyl (C=O) groups excluding carboxylic acids is 1. The van der Waals surface area contributed by atoms with Crippen LogP contribution in [0.5, 0.6) is 0 Å². The first-order valence-corrected chi connectivity index (χ1v) is 9.85. The van der Waals surface area contributed by atoms with Crippen LogP contribution in [-0.4, -0.2) is 20.7 Å². The summed E-state index contributed by atoms with van der Waals surface area (Å²) >= 11 is 6.12. The normalized spacial score (nSPS) is 11.4. The highest BCUT2D eigenvalue weighted by atomic mass is 35.5. The number of carbonyl (C=O) groups is 1. The lowest BCUT2D eigenvalue weighted by molar-refractivity contribution is -0.139. The predicted octanol–water partition coefficient (Wildman–Crippen LogP) is 4.87. The molecule has 1 aromatic carbocycles. The fraction of sp³-hybridized carbons (Fsp3) is 0.273. The zero-order valence-corrected chi connectivity index (χ0v) is 17.7. The van der Waals surface area contributed by atoms with Gasteiger partial charge in [-0.25, -0.2) is 4.79 Å². The maximum atomic E-state index is 12.4. The lowest BCUT2D eigenvalue weighted by Crippen LogP contribution is -2.08. The Kier molecular flexibility index (Phi) is 6.70. The lowest BCUT2D eigenvalue weighted by atomic mass is 10.1. The van der Waals surface area contributed by atoms with Crippen molar-refractivity contribution in [1.82, 2.24) is 14.7 Å². The van der Waals surface area contributed by atoms with Crippen molar-refractivity contribution in [3.8, 4) is 17.5 Å². The van der Waals surface area contributed by atoms with Crippen LogP contribution in [-0.2, 0) is 22.7 Å². The van der Waals surface area contributed by atoms with Crippen molar-refractivity contribution in [2.45, 2.75) is 40.3 Å². The van der Waals surface area contributed by atoms with Crippen molar-refractivity contribution in [3.63, 3.8) is 0 Å². The highest BCUT2D eigenvalue weighted by Crippen LogP contribution is 2.26. The minimum atomic E-state index is -0.748. The van der Waals surface area contributed by atoms with Crippen LogP contribution in [0.3, 0.4) is 0 Å². The SMILES string of the molecule is CCCn1c(C)cc(/C=C(\C#N)C(=O)OCc2noc(-c3ccccc3Cl)n2)c1C. The quantitative estimate of drug-likeness (QED) is 0.305. The highest BCUT2D eigenvalue weighted by molar-refractivity contribution is 6.33. The number of aromatic nitrogens is 3. The smallest absolute Gasteiger partial charge is 0.349 e. The summed E-state index contributed by atoms with van der Waals surface area (Å²) in [6.07, 6.45) is 2.54. The largest absolute Gasteiger partial charge is 0.453 e. The van der Waals surface area contributed by atoms with Crippen molar-refractivity contribution >= 4 is 23.6 Å². The maximum Gasteiger partial charge on any atom is 0.349 e. The van der Waals surface area contributed by atoms with E-state index >= 15 is 0 Å². The van der Waals surface area contributed by atoms with Gasteiger partial charge < -0.3 is 13.8 Å². The Morgan fingerprint density at radius 2 is 2.13 bits per heavy atom. The number of hydrogen-bond acceptors (Lipinski definition) is 6. The lowest BCUT2D eigenvalue weighted by Gasteiger charge is -2.07. The van der Waals surface area contributed by atoms with Gasteiger partial charge in [0.2, 0.25) is 5.82 Å². The van der Waals surface area contributed by atoms with Crippen molar-refractivity contribution in [2.75, 3.05) is 0 Å². The van der Waals surface area contributed by atoms with Gasteiger partial charge in [-0.2, -0.15) is 10.2 Å². The zero-order chi connectivity index (χ0) is 21.7. The Labute approximate surface area is 179 Å². The first-order valence-electron chi connectivity index (χ1n) is 9.47. The Hall–Kier alpha value is -3.37. The molecule has 30 heavy (non-hydrogen) atoms. The van der Waals surface area contributed by atoms with Crippen LogP contribution >= 0.6 is 11.6 Å². The topological polar surface area (TPSA) is 93.9 Å². The molecule has 8 heteroatoms. The van der Waals surface area contributed by atoms with Crippen molar-refractivity contribution < 1.29 is 14.1 Å². The molecule has 2 heterocycles. The third-order valence-corrected chi connectivity index (χ3v) is 4.93. The standard InChI is InChI=1S/C22H21ClN4O3/c1-4-9-27-14(2)10-16(15(27)3)11-17(12-24)22(28)29-13-20-25-21(30-26-20)18-7-5-6-8-19(18)23/h5-8,10-11H,4,9,13H2,1-3H3/b17-11+. The number of hydrogen-bond donors (Lipinski definition) is 0. The first kappa shape index (κ1) is 21.3. The Morgan fingerprint density at radius 1 is 1.37 bits per heavy atom. The summed E-state index contributed by atoms with van der Waals surface area (Å²) in [6, 6.07) is 10.9. The molecule has 0 spiro atoms. The van der Waals surface area contributed by atoms with Crippen LogP contribution in [0.1, 0.15) is 36.1 Å². The number of nitriles is 1. The average molecular weight is 425 g/mol. The molecule has 0 aliphatic carbocycles. The zero-order valence-electron chi connectivity index (χ0n) is 17.0. The molecule has 0 atom stereocenters. The van der Waals surface area contributed by atoms with E-state index in [4.69, 9.17) is 20.9 Å². The third kappa shape index (κ3) is 4.61. The number of nitrogens with zero attached hydrogens (tertiary/aromatic N) is 4. The minimum Gasteiger partial charge on any atom is -0.453 e. The van der Waals surface area contributed by atoms with E-state index in [1.54, 1.807) is 30.3 Å². The second-order valence-corrected chi connectivity index (χ2v) is 7.13.